The van der Waals surface area contributed by atoms with Crippen molar-refractivity contribution in [3.05, 3.63) is 42.5 Å². The molecule has 1 aromatic carbocycles. The average Bonchev–Trinajstić information content (AvgIpc) is 2.55. The van der Waals surface area contributed by atoms with Crippen LogP contribution in [0.5, 0.6) is 0 Å². The second-order valence-electron chi connectivity index (χ2n) is 7.24. The third-order valence-electron chi connectivity index (χ3n) is 4.70. The maximum Gasteiger partial charge on any atom is 0.308 e. The van der Waals surface area contributed by atoms with Crippen molar-refractivity contribution >= 4 is 28.6 Å². The molecule has 0 saturated carbocycles. The number of morpholine rings is 1. The van der Waals surface area contributed by atoms with Crippen LogP contribution in [0.1, 0.15) is 27.7 Å². The molecular formula is C15H19N5O7. The van der Waals surface area contributed by atoms with Crippen LogP contribution in [0, 0.1) is 30.3 Å². The first kappa shape index (κ1) is 20.2. The molecule has 0 radical (unpaired) electrons. The summed E-state index contributed by atoms with van der Waals surface area (Å²) in [5.74, 6) is 0.0457. The highest BCUT2D eigenvalue weighted by atomic mass is 16.6. The predicted octanol–water partition coefficient (Wildman–Crippen LogP) is 2.96. The summed E-state index contributed by atoms with van der Waals surface area (Å²) in [6, 6.07) is 1.30. The van der Waals surface area contributed by atoms with Gasteiger partial charge in [-0.15, -0.1) is 0 Å². The molecule has 0 aliphatic carbocycles. The number of benzene rings is 1. The molecule has 1 saturated heterocycles. The van der Waals surface area contributed by atoms with E-state index in [0.29, 0.717) is 12.1 Å². The third-order valence-corrected chi connectivity index (χ3v) is 4.70. The van der Waals surface area contributed by atoms with E-state index >= 15 is 0 Å². The van der Waals surface area contributed by atoms with Crippen molar-refractivity contribution in [1.29, 1.82) is 0 Å². The topological polar surface area (TPSA) is 154 Å². The maximum absolute atomic E-state index is 11.4. The van der Waals surface area contributed by atoms with Gasteiger partial charge in [-0.05, 0) is 34.7 Å². The van der Waals surface area contributed by atoms with E-state index in [9.17, 15) is 30.3 Å². The summed E-state index contributed by atoms with van der Waals surface area (Å²) in [5, 5.41) is 33.7. The van der Waals surface area contributed by atoms with Gasteiger partial charge in [0, 0.05) is 0 Å². The summed E-state index contributed by atoms with van der Waals surface area (Å²) in [7, 11) is 1.82. The molecule has 1 aliphatic rings. The number of non-ortho nitro benzene ring substituents is 1. The Kier molecular flexibility index (Phi) is 4.88. The van der Waals surface area contributed by atoms with Gasteiger partial charge < -0.3 is 4.74 Å². The van der Waals surface area contributed by atoms with E-state index in [0.717, 1.165) is 0 Å². The fourth-order valence-corrected chi connectivity index (χ4v) is 2.78. The second-order valence-corrected chi connectivity index (χ2v) is 7.24. The molecule has 1 fully saturated rings. The summed E-state index contributed by atoms with van der Waals surface area (Å²) in [5.41, 5.74) is -4.22. The lowest BCUT2D eigenvalue weighted by Crippen LogP contribution is -2.64. The van der Waals surface area contributed by atoms with E-state index < -0.39 is 43.1 Å². The van der Waals surface area contributed by atoms with Crippen molar-refractivity contribution < 1.29 is 19.5 Å². The largest absolute Gasteiger partial charge is 0.477 e. The molecule has 1 aliphatic heterocycles. The van der Waals surface area contributed by atoms with Gasteiger partial charge in [-0.3, -0.25) is 35.2 Å². The Morgan fingerprint density at radius 2 is 1.48 bits per heavy atom. The minimum Gasteiger partial charge on any atom is -0.477 e. The van der Waals surface area contributed by atoms with E-state index in [2.05, 4.69) is 4.99 Å². The van der Waals surface area contributed by atoms with E-state index in [-0.39, 0.29) is 18.0 Å². The van der Waals surface area contributed by atoms with Crippen LogP contribution < -0.4 is 0 Å². The van der Waals surface area contributed by atoms with Crippen molar-refractivity contribution in [2.24, 2.45) is 4.99 Å². The highest BCUT2D eigenvalue weighted by molar-refractivity contribution is 5.91. The average molecular weight is 381 g/mol. The van der Waals surface area contributed by atoms with Crippen LogP contribution in [0.15, 0.2) is 17.1 Å². The highest BCUT2D eigenvalue weighted by Crippen LogP contribution is 2.42. The highest BCUT2D eigenvalue weighted by Gasteiger charge is 2.45. The van der Waals surface area contributed by atoms with E-state index in [1.54, 1.807) is 13.8 Å². The first-order valence-electron chi connectivity index (χ1n) is 7.86. The molecule has 0 amide bonds. The standard InChI is InChI=1S/C15H19N5O7/c1-14(2)8-27-13(15(3,4)17(14)5)16-12-10(19(23)24)6-9(18(21)22)7-11(12)20(25)26/h6-7H,8H2,1-5H3. The van der Waals surface area contributed by atoms with Crippen LogP contribution in [-0.4, -0.2) is 50.3 Å². The van der Waals surface area contributed by atoms with Crippen molar-refractivity contribution in [3.63, 3.8) is 0 Å². The Labute approximate surface area is 153 Å². The molecule has 12 heteroatoms. The molecule has 0 spiro atoms. The van der Waals surface area contributed by atoms with E-state index in [1.807, 2.05) is 25.8 Å². The van der Waals surface area contributed by atoms with Gasteiger partial charge in [-0.2, -0.15) is 0 Å². The molecule has 0 N–H and O–H groups in total. The number of ether oxygens (including phenoxy) is 1. The van der Waals surface area contributed by atoms with E-state index in [4.69, 9.17) is 4.74 Å². The van der Waals surface area contributed by atoms with Gasteiger partial charge in [0.1, 0.15) is 6.61 Å². The molecule has 1 heterocycles. The number of nitro benzene ring substituents is 3. The fraction of sp³-hybridized carbons (Fsp3) is 0.533. The molecule has 12 nitrogen and oxygen atoms in total. The quantitative estimate of drug-likeness (QED) is 0.569. The molecule has 0 aromatic heterocycles. The summed E-state index contributed by atoms with van der Waals surface area (Å²) in [4.78, 5) is 36.9. The zero-order chi connectivity index (χ0) is 20.7. The molecular weight excluding hydrogens is 362 g/mol. The third kappa shape index (κ3) is 3.56. The summed E-state index contributed by atoms with van der Waals surface area (Å²) < 4.78 is 5.66. The first-order chi connectivity index (χ1) is 12.3. The van der Waals surface area contributed by atoms with Crippen LogP contribution in [0.25, 0.3) is 0 Å². The number of hydrogen-bond donors (Lipinski definition) is 0. The van der Waals surface area contributed by atoms with Gasteiger partial charge in [0.15, 0.2) is 0 Å². The lowest BCUT2D eigenvalue weighted by molar-refractivity contribution is -0.402. The van der Waals surface area contributed by atoms with Gasteiger partial charge in [-0.25, -0.2) is 4.99 Å². The van der Waals surface area contributed by atoms with Gasteiger partial charge in [0.05, 0.1) is 38.0 Å². The predicted molar refractivity (Wildman–Crippen MR) is 95.4 cm³/mol. The van der Waals surface area contributed by atoms with Gasteiger partial charge in [-0.1, -0.05) is 0 Å². The molecule has 146 valence electrons. The van der Waals surface area contributed by atoms with Crippen LogP contribution in [0.3, 0.4) is 0 Å². The Balaban J connectivity index is 2.74. The number of aliphatic imine (C=N–C) groups is 1. The van der Waals surface area contributed by atoms with Crippen LogP contribution in [-0.2, 0) is 4.74 Å². The minimum atomic E-state index is -0.942. The van der Waals surface area contributed by atoms with Gasteiger partial charge in [0.2, 0.25) is 11.6 Å². The number of nitrogens with zero attached hydrogens (tertiary/aromatic N) is 5. The van der Waals surface area contributed by atoms with Gasteiger partial charge in [0.25, 0.3) is 5.69 Å². The zero-order valence-corrected chi connectivity index (χ0v) is 15.5. The van der Waals surface area contributed by atoms with Crippen molar-refractivity contribution in [1.82, 2.24) is 4.90 Å². The second kappa shape index (κ2) is 6.54. The lowest BCUT2D eigenvalue weighted by atomic mass is 9.91. The Hall–Kier alpha value is -3.15. The number of nitro groups is 3. The summed E-state index contributed by atoms with van der Waals surface area (Å²) in [6.45, 7) is 7.59. The molecule has 0 atom stereocenters. The van der Waals surface area contributed by atoms with Crippen molar-refractivity contribution in [2.75, 3.05) is 13.7 Å². The Bertz CT molecular complexity index is 827. The Morgan fingerprint density at radius 1 is 1.00 bits per heavy atom. The lowest BCUT2D eigenvalue weighted by Gasteiger charge is -2.50. The van der Waals surface area contributed by atoms with E-state index in [1.165, 1.54) is 0 Å². The number of rotatable bonds is 4. The molecule has 27 heavy (non-hydrogen) atoms. The van der Waals surface area contributed by atoms with Crippen LogP contribution in [0.4, 0.5) is 22.7 Å². The van der Waals surface area contributed by atoms with Crippen molar-refractivity contribution in [3.8, 4) is 0 Å². The minimum absolute atomic E-state index is 0.0457. The summed E-state index contributed by atoms with van der Waals surface area (Å²) in [6.07, 6.45) is 0. The Morgan fingerprint density at radius 3 is 1.89 bits per heavy atom. The number of likely N-dealkylation sites (N-methyl/N-ethyl adjacent to an activating group) is 1. The monoisotopic (exact) mass is 381 g/mol. The smallest absolute Gasteiger partial charge is 0.308 e. The molecule has 0 unspecified atom stereocenters. The fourth-order valence-electron chi connectivity index (χ4n) is 2.78. The summed E-state index contributed by atoms with van der Waals surface area (Å²) >= 11 is 0. The first-order valence-corrected chi connectivity index (χ1v) is 7.86. The molecule has 1 aromatic rings. The SMILES string of the molecule is CN1C(C)(C)COC(=Nc2c([N+](=O)[O-])cc([N+](=O)[O-])cc2[N+](=O)[O-])C1(C)C. The molecule has 0 bridgehead atoms. The van der Waals surface area contributed by atoms with Gasteiger partial charge >= 0.3 is 11.4 Å². The number of hydrogen-bond acceptors (Lipinski definition) is 9. The molecule has 2 rings (SSSR count). The van der Waals surface area contributed by atoms with Crippen molar-refractivity contribution in [2.45, 2.75) is 38.8 Å². The zero-order valence-electron chi connectivity index (χ0n) is 15.5. The maximum atomic E-state index is 11.4. The van der Waals surface area contributed by atoms with Crippen LogP contribution in [0.2, 0.25) is 0 Å². The normalized spacial score (nSPS) is 20.1. The van der Waals surface area contributed by atoms with Crippen LogP contribution >= 0.6 is 0 Å².